The van der Waals surface area contributed by atoms with Gasteiger partial charge in [-0.3, -0.25) is 4.79 Å². The predicted molar refractivity (Wildman–Crippen MR) is 112 cm³/mol. The van der Waals surface area contributed by atoms with Gasteiger partial charge in [-0.15, -0.1) is 11.3 Å². The molecule has 0 unspecified atom stereocenters. The molecule has 4 rings (SSSR count). The van der Waals surface area contributed by atoms with Crippen LogP contribution in [-0.4, -0.2) is 43.3 Å². The van der Waals surface area contributed by atoms with Crippen molar-refractivity contribution in [2.24, 2.45) is 0 Å². The van der Waals surface area contributed by atoms with Gasteiger partial charge in [0.15, 0.2) is 5.82 Å². The third kappa shape index (κ3) is 3.97. The highest BCUT2D eigenvalue weighted by molar-refractivity contribution is 7.18. The molecule has 2 aromatic heterocycles. The van der Waals surface area contributed by atoms with E-state index in [-0.39, 0.29) is 5.56 Å². The number of fused-ring (bicyclic) bond motifs is 1. The minimum Gasteiger partial charge on any atom is -0.497 e. The van der Waals surface area contributed by atoms with Crippen molar-refractivity contribution < 1.29 is 14.5 Å². The van der Waals surface area contributed by atoms with Crippen LogP contribution in [0.15, 0.2) is 29.1 Å². The number of nitrogens with one attached hydrogen (secondary N) is 3. The monoisotopic (exact) mass is 400 g/mol. The molecule has 3 aromatic rings. The third-order valence-electron chi connectivity index (χ3n) is 5.76. The Hall–Kier alpha value is -2.22. The second-order valence-corrected chi connectivity index (χ2v) is 8.88. The zero-order chi connectivity index (χ0) is 19.7. The Morgan fingerprint density at radius 2 is 1.86 bits per heavy atom. The van der Waals surface area contributed by atoms with E-state index in [4.69, 9.17) is 9.72 Å². The van der Waals surface area contributed by atoms with E-state index in [9.17, 15) is 4.79 Å². The highest BCUT2D eigenvalue weighted by Gasteiger charge is 2.24. The van der Waals surface area contributed by atoms with Crippen molar-refractivity contribution in [3.8, 4) is 5.75 Å². The number of hydrogen-bond donors (Lipinski definition) is 3. The predicted octanol–water partition coefficient (Wildman–Crippen LogP) is 0.0936. The van der Waals surface area contributed by atoms with Crippen molar-refractivity contribution >= 4 is 21.6 Å². The molecule has 1 fully saturated rings. The van der Waals surface area contributed by atoms with Gasteiger partial charge in [0, 0.05) is 10.4 Å². The van der Waals surface area contributed by atoms with Crippen LogP contribution in [0.4, 0.5) is 0 Å². The fourth-order valence-electron chi connectivity index (χ4n) is 4.00. The number of ether oxygens (including phenoxy) is 1. The molecule has 7 heteroatoms. The highest BCUT2D eigenvalue weighted by atomic mass is 32.1. The van der Waals surface area contributed by atoms with Crippen LogP contribution >= 0.6 is 11.3 Å². The molecule has 0 spiro atoms. The molecule has 1 saturated heterocycles. The Morgan fingerprint density at radius 3 is 2.57 bits per heavy atom. The van der Waals surface area contributed by atoms with Crippen molar-refractivity contribution in [2.75, 3.05) is 33.3 Å². The number of quaternary nitrogens is 2. The molecule has 1 aliphatic heterocycles. The number of benzene rings is 1. The number of aromatic nitrogens is 2. The topological polar surface area (TPSA) is 63.9 Å². The quantitative estimate of drug-likeness (QED) is 0.569. The Bertz CT molecular complexity index is 1030. The van der Waals surface area contributed by atoms with Crippen molar-refractivity contribution in [3.63, 3.8) is 0 Å². The average Bonchev–Trinajstić information content (AvgIpc) is 2.97. The van der Waals surface area contributed by atoms with Gasteiger partial charge in [0.2, 0.25) is 0 Å². The van der Waals surface area contributed by atoms with Crippen LogP contribution in [-0.2, 0) is 13.1 Å². The summed E-state index contributed by atoms with van der Waals surface area (Å²) in [6.07, 6.45) is 0. The summed E-state index contributed by atoms with van der Waals surface area (Å²) in [6.45, 7) is 10.3. The molecule has 1 aliphatic rings. The summed E-state index contributed by atoms with van der Waals surface area (Å²) in [5.74, 6) is 1.73. The first-order valence-corrected chi connectivity index (χ1v) is 10.6. The molecular weight excluding hydrogens is 372 g/mol. The lowest BCUT2D eigenvalue weighted by Crippen LogP contribution is -3.27. The largest absolute Gasteiger partial charge is 0.497 e. The Morgan fingerprint density at radius 1 is 1.14 bits per heavy atom. The number of rotatable bonds is 5. The first kappa shape index (κ1) is 19.1. The smallest absolute Gasteiger partial charge is 0.260 e. The molecule has 28 heavy (non-hydrogen) atoms. The van der Waals surface area contributed by atoms with Gasteiger partial charge in [0.1, 0.15) is 49.8 Å². The average molecular weight is 401 g/mol. The minimum absolute atomic E-state index is 0.00327. The number of hydrogen-bond acceptors (Lipinski definition) is 4. The first-order chi connectivity index (χ1) is 13.5. The van der Waals surface area contributed by atoms with Crippen LogP contribution in [0.1, 0.15) is 21.8 Å². The number of aryl methyl sites for hydroxylation is 2. The summed E-state index contributed by atoms with van der Waals surface area (Å²) in [5, 5.41) is 0.758. The lowest BCUT2D eigenvalue weighted by atomic mass is 10.2. The second-order valence-electron chi connectivity index (χ2n) is 7.68. The lowest BCUT2D eigenvalue weighted by molar-refractivity contribution is -1.02. The summed E-state index contributed by atoms with van der Waals surface area (Å²) >= 11 is 1.62. The van der Waals surface area contributed by atoms with Crippen molar-refractivity contribution in [3.05, 3.63) is 56.4 Å². The van der Waals surface area contributed by atoms with Crippen LogP contribution in [0.3, 0.4) is 0 Å². The van der Waals surface area contributed by atoms with Crippen molar-refractivity contribution in [2.45, 2.75) is 26.9 Å². The van der Waals surface area contributed by atoms with Gasteiger partial charge < -0.3 is 19.5 Å². The fourth-order valence-corrected chi connectivity index (χ4v) is 5.05. The first-order valence-electron chi connectivity index (χ1n) is 9.82. The molecule has 0 bridgehead atoms. The van der Waals surface area contributed by atoms with Gasteiger partial charge in [-0.25, -0.2) is 4.98 Å². The molecule has 0 atom stereocenters. The van der Waals surface area contributed by atoms with Gasteiger partial charge in [-0.05, 0) is 31.5 Å². The number of thiophene rings is 1. The molecule has 6 nitrogen and oxygen atoms in total. The van der Waals surface area contributed by atoms with Gasteiger partial charge in [0.25, 0.3) is 5.56 Å². The molecule has 0 radical (unpaired) electrons. The number of H-pyrrole nitrogens is 1. The zero-order valence-electron chi connectivity index (χ0n) is 16.7. The summed E-state index contributed by atoms with van der Waals surface area (Å²) < 4.78 is 5.33. The van der Waals surface area contributed by atoms with Gasteiger partial charge in [0.05, 0.1) is 12.5 Å². The molecule has 0 amide bonds. The van der Waals surface area contributed by atoms with Crippen molar-refractivity contribution in [1.29, 1.82) is 0 Å². The molecule has 0 saturated carbocycles. The summed E-state index contributed by atoms with van der Waals surface area (Å²) in [4.78, 5) is 25.4. The van der Waals surface area contributed by atoms with E-state index in [0.29, 0.717) is 0 Å². The number of piperazine rings is 1. The normalized spacial score (nSPS) is 19.8. The summed E-state index contributed by atoms with van der Waals surface area (Å²) in [7, 11) is 1.71. The molecule has 1 aromatic carbocycles. The van der Waals surface area contributed by atoms with Gasteiger partial charge in [-0.1, -0.05) is 12.1 Å². The van der Waals surface area contributed by atoms with Crippen LogP contribution in [0.5, 0.6) is 5.75 Å². The SMILES string of the molecule is COc1cccc(C[NH+]2CC[NH+](Cc3nc4sc(C)c(C)c4c(=O)[nH]3)CC2)c1. The molecule has 148 valence electrons. The van der Waals surface area contributed by atoms with E-state index in [0.717, 1.165) is 66.6 Å². The van der Waals surface area contributed by atoms with Crippen LogP contribution < -0.4 is 20.1 Å². The lowest BCUT2D eigenvalue weighted by Gasteiger charge is -2.29. The molecule has 3 heterocycles. The molecule has 3 N–H and O–H groups in total. The third-order valence-corrected chi connectivity index (χ3v) is 6.86. The van der Waals surface area contributed by atoms with Gasteiger partial charge in [-0.2, -0.15) is 0 Å². The molecular formula is C21H28N4O2S+2. The fraction of sp³-hybridized carbons (Fsp3) is 0.429. The number of aromatic amines is 1. The van der Waals surface area contributed by atoms with Crippen LogP contribution in [0.2, 0.25) is 0 Å². The minimum atomic E-state index is 0.00327. The van der Waals surface area contributed by atoms with Gasteiger partial charge >= 0.3 is 0 Å². The van der Waals surface area contributed by atoms with E-state index in [1.165, 1.54) is 15.3 Å². The Balaban J connectivity index is 1.38. The molecule has 0 aliphatic carbocycles. The Kier molecular flexibility index (Phi) is 5.48. The maximum absolute atomic E-state index is 12.5. The second kappa shape index (κ2) is 8.03. The highest BCUT2D eigenvalue weighted by Crippen LogP contribution is 2.25. The zero-order valence-corrected chi connectivity index (χ0v) is 17.5. The van der Waals surface area contributed by atoms with E-state index in [1.807, 2.05) is 13.0 Å². The van der Waals surface area contributed by atoms with E-state index in [2.05, 4.69) is 30.1 Å². The van der Waals surface area contributed by atoms with Crippen LogP contribution in [0.25, 0.3) is 10.2 Å². The Labute approximate surface area is 168 Å². The maximum atomic E-state index is 12.5. The van der Waals surface area contributed by atoms with E-state index in [1.54, 1.807) is 23.3 Å². The number of nitrogens with zero attached hydrogens (tertiary/aromatic N) is 1. The van der Waals surface area contributed by atoms with Crippen molar-refractivity contribution in [1.82, 2.24) is 9.97 Å². The standard InChI is InChI=1S/C21H26N4O2S/c1-14-15(2)28-21-19(14)20(26)22-18(23-21)13-25-9-7-24(8-10-25)12-16-5-4-6-17(11-16)27-3/h4-6,11H,7-10,12-13H2,1-3H3,(H,22,23,26)/p+2. The summed E-state index contributed by atoms with van der Waals surface area (Å²) in [5.41, 5.74) is 2.38. The van der Waals surface area contributed by atoms with E-state index < -0.39 is 0 Å². The van der Waals surface area contributed by atoms with E-state index >= 15 is 0 Å². The number of methoxy groups -OCH3 is 1. The maximum Gasteiger partial charge on any atom is 0.260 e. The summed E-state index contributed by atoms with van der Waals surface area (Å²) in [6, 6.07) is 8.34. The van der Waals surface area contributed by atoms with Crippen LogP contribution in [0, 0.1) is 13.8 Å².